The molecular formula is C15H12N4O2. The van der Waals surface area contributed by atoms with Crippen molar-refractivity contribution >= 4 is 5.91 Å². The van der Waals surface area contributed by atoms with E-state index in [2.05, 4.69) is 20.3 Å². The van der Waals surface area contributed by atoms with Crippen LogP contribution in [0, 0.1) is 0 Å². The van der Waals surface area contributed by atoms with Crippen molar-refractivity contribution in [1.29, 1.82) is 0 Å². The first-order valence-electron chi connectivity index (χ1n) is 6.35. The fraction of sp³-hybridized carbons (Fsp3) is 0.0667. The van der Waals surface area contributed by atoms with Crippen molar-refractivity contribution in [1.82, 2.24) is 20.3 Å². The molecule has 0 saturated heterocycles. The number of hydrogen-bond donors (Lipinski definition) is 1. The molecule has 6 nitrogen and oxygen atoms in total. The summed E-state index contributed by atoms with van der Waals surface area (Å²) >= 11 is 0. The third kappa shape index (κ3) is 3.11. The molecule has 3 aromatic rings. The first kappa shape index (κ1) is 13.0. The van der Waals surface area contributed by atoms with Gasteiger partial charge >= 0.3 is 0 Å². The summed E-state index contributed by atoms with van der Waals surface area (Å²) in [5.74, 6) is 0.469. The molecule has 1 N–H and O–H groups in total. The van der Waals surface area contributed by atoms with Gasteiger partial charge in [-0.05, 0) is 23.8 Å². The van der Waals surface area contributed by atoms with Crippen LogP contribution in [0.4, 0.5) is 0 Å². The molecular weight excluding hydrogens is 268 g/mol. The largest absolute Gasteiger partial charge is 0.464 e. The van der Waals surface area contributed by atoms with Gasteiger partial charge < -0.3 is 9.73 Å². The van der Waals surface area contributed by atoms with Crippen LogP contribution in [0.15, 0.2) is 59.9 Å². The van der Waals surface area contributed by atoms with E-state index in [9.17, 15) is 4.79 Å². The number of nitrogens with one attached hydrogen (secondary N) is 1. The summed E-state index contributed by atoms with van der Waals surface area (Å²) < 4.78 is 5.32. The molecule has 0 spiro atoms. The van der Waals surface area contributed by atoms with Crippen LogP contribution < -0.4 is 5.32 Å². The van der Waals surface area contributed by atoms with Gasteiger partial charge in [0.15, 0.2) is 0 Å². The van der Waals surface area contributed by atoms with Gasteiger partial charge in [0.1, 0.15) is 11.5 Å². The van der Waals surface area contributed by atoms with Crippen LogP contribution in [0.5, 0.6) is 0 Å². The average Bonchev–Trinajstić information content (AvgIpc) is 3.08. The average molecular weight is 280 g/mol. The molecule has 0 bridgehead atoms. The third-order valence-electron chi connectivity index (χ3n) is 2.85. The Morgan fingerprint density at radius 3 is 2.90 bits per heavy atom. The van der Waals surface area contributed by atoms with Crippen molar-refractivity contribution in [3.05, 3.63) is 66.7 Å². The van der Waals surface area contributed by atoms with Gasteiger partial charge in [0, 0.05) is 36.9 Å². The van der Waals surface area contributed by atoms with E-state index in [1.807, 2.05) is 18.2 Å². The lowest BCUT2D eigenvalue weighted by Gasteiger charge is -2.05. The van der Waals surface area contributed by atoms with Crippen LogP contribution in [0.2, 0.25) is 0 Å². The highest BCUT2D eigenvalue weighted by molar-refractivity contribution is 5.91. The first-order valence-corrected chi connectivity index (χ1v) is 6.35. The Morgan fingerprint density at radius 2 is 2.14 bits per heavy atom. The van der Waals surface area contributed by atoms with Crippen LogP contribution in [0.3, 0.4) is 0 Å². The van der Waals surface area contributed by atoms with Crippen molar-refractivity contribution in [2.75, 3.05) is 0 Å². The molecule has 1 amide bonds. The Balaban J connectivity index is 1.69. The van der Waals surface area contributed by atoms with E-state index in [-0.39, 0.29) is 11.6 Å². The maximum atomic E-state index is 11.9. The Morgan fingerprint density at radius 1 is 1.19 bits per heavy atom. The highest BCUT2D eigenvalue weighted by Gasteiger charge is 2.07. The van der Waals surface area contributed by atoms with Crippen LogP contribution in [0.25, 0.3) is 11.3 Å². The van der Waals surface area contributed by atoms with Gasteiger partial charge in [-0.3, -0.25) is 14.8 Å². The lowest BCUT2D eigenvalue weighted by atomic mass is 10.1. The van der Waals surface area contributed by atoms with Gasteiger partial charge in [0.2, 0.25) is 0 Å². The maximum Gasteiger partial charge on any atom is 0.271 e. The van der Waals surface area contributed by atoms with Crippen molar-refractivity contribution in [3.8, 4) is 11.3 Å². The zero-order valence-corrected chi connectivity index (χ0v) is 11.1. The van der Waals surface area contributed by atoms with Gasteiger partial charge in [0.05, 0.1) is 12.5 Å². The second-order valence-electron chi connectivity index (χ2n) is 4.33. The summed E-state index contributed by atoms with van der Waals surface area (Å²) in [6.07, 6.45) is 9.45. The topological polar surface area (TPSA) is 80.9 Å². The molecule has 6 heteroatoms. The Hall–Kier alpha value is -3.02. The summed E-state index contributed by atoms with van der Waals surface area (Å²) in [7, 11) is 0. The molecule has 0 atom stereocenters. The summed E-state index contributed by atoms with van der Waals surface area (Å²) in [4.78, 5) is 23.8. The molecule has 3 aromatic heterocycles. The van der Waals surface area contributed by atoms with Crippen molar-refractivity contribution in [2.45, 2.75) is 6.54 Å². The minimum atomic E-state index is -0.272. The molecule has 3 heterocycles. The van der Waals surface area contributed by atoms with Gasteiger partial charge in [-0.15, -0.1) is 0 Å². The number of nitrogens with zero attached hydrogens (tertiary/aromatic N) is 3. The van der Waals surface area contributed by atoms with Gasteiger partial charge in [-0.25, -0.2) is 4.98 Å². The number of carbonyl (C=O) groups is 1. The zero-order valence-electron chi connectivity index (χ0n) is 11.1. The highest BCUT2D eigenvalue weighted by atomic mass is 16.3. The molecule has 0 saturated carbocycles. The minimum Gasteiger partial charge on any atom is -0.464 e. The van der Waals surface area contributed by atoms with Crippen LogP contribution in [-0.4, -0.2) is 20.9 Å². The van der Waals surface area contributed by atoms with E-state index in [0.29, 0.717) is 6.54 Å². The second kappa shape index (κ2) is 5.96. The Labute approximate surface area is 120 Å². The number of pyridine rings is 1. The lowest BCUT2D eigenvalue weighted by Crippen LogP contribution is -2.23. The summed E-state index contributed by atoms with van der Waals surface area (Å²) in [5, 5.41) is 2.78. The maximum absolute atomic E-state index is 11.9. The molecule has 0 aliphatic carbocycles. The summed E-state index contributed by atoms with van der Waals surface area (Å²) in [5.41, 5.74) is 2.03. The number of amides is 1. The normalized spacial score (nSPS) is 10.3. The molecule has 104 valence electrons. The van der Waals surface area contributed by atoms with E-state index in [1.165, 1.54) is 18.6 Å². The van der Waals surface area contributed by atoms with Crippen LogP contribution in [-0.2, 0) is 6.54 Å². The quantitative estimate of drug-likeness (QED) is 0.791. The number of hydrogen-bond acceptors (Lipinski definition) is 5. The molecule has 0 aliphatic rings. The van der Waals surface area contributed by atoms with E-state index in [0.717, 1.165) is 16.9 Å². The van der Waals surface area contributed by atoms with Gasteiger partial charge in [-0.2, -0.15) is 0 Å². The monoisotopic (exact) mass is 280 g/mol. The molecule has 0 fully saturated rings. The summed E-state index contributed by atoms with van der Waals surface area (Å²) in [6, 6.07) is 5.60. The first-order chi connectivity index (χ1) is 10.3. The SMILES string of the molecule is O=C(NCc1cncc(-c2ccco2)c1)c1cnccn1. The predicted octanol–water partition coefficient (Wildman–Crippen LogP) is 2.06. The Kier molecular flexibility index (Phi) is 3.68. The van der Waals surface area contributed by atoms with Crippen LogP contribution >= 0.6 is 0 Å². The van der Waals surface area contributed by atoms with Crippen LogP contribution in [0.1, 0.15) is 16.1 Å². The van der Waals surface area contributed by atoms with Crippen molar-refractivity contribution < 1.29 is 9.21 Å². The highest BCUT2D eigenvalue weighted by Crippen LogP contribution is 2.19. The van der Waals surface area contributed by atoms with Crippen molar-refractivity contribution in [2.24, 2.45) is 0 Å². The van der Waals surface area contributed by atoms with E-state index >= 15 is 0 Å². The number of aromatic nitrogens is 3. The fourth-order valence-corrected chi connectivity index (χ4v) is 1.85. The number of carbonyl (C=O) groups excluding carboxylic acids is 1. The molecule has 21 heavy (non-hydrogen) atoms. The van der Waals surface area contributed by atoms with E-state index < -0.39 is 0 Å². The molecule has 3 rings (SSSR count). The molecule has 0 radical (unpaired) electrons. The number of rotatable bonds is 4. The Bertz CT molecular complexity index is 726. The number of furan rings is 1. The molecule has 0 unspecified atom stereocenters. The fourth-order valence-electron chi connectivity index (χ4n) is 1.85. The third-order valence-corrected chi connectivity index (χ3v) is 2.85. The van der Waals surface area contributed by atoms with Gasteiger partial charge in [0.25, 0.3) is 5.91 Å². The lowest BCUT2D eigenvalue weighted by molar-refractivity contribution is 0.0945. The predicted molar refractivity (Wildman–Crippen MR) is 75.1 cm³/mol. The second-order valence-corrected chi connectivity index (χ2v) is 4.33. The minimum absolute atomic E-state index is 0.272. The smallest absolute Gasteiger partial charge is 0.271 e. The zero-order chi connectivity index (χ0) is 14.5. The molecule has 0 aliphatic heterocycles. The molecule has 0 aromatic carbocycles. The van der Waals surface area contributed by atoms with E-state index in [1.54, 1.807) is 18.7 Å². The van der Waals surface area contributed by atoms with E-state index in [4.69, 9.17) is 4.42 Å². The van der Waals surface area contributed by atoms with Gasteiger partial charge in [-0.1, -0.05) is 0 Å². The van der Waals surface area contributed by atoms with Crippen molar-refractivity contribution in [3.63, 3.8) is 0 Å². The summed E-state index contributed by atoms with van der Waals surface area (Å²) in [6.45, 7) is 0.358. The standard InChI is InChI=1S/C15H12N4O2/c20-15(13-10-16-3-4-18-13)19-8-11-6-12(9-17-7-11)14-2-1-5-21-14/h1-7,9-10H,8H2,(H,19,20).